The lowest BCUT2D eigenvalue weighted by Crippen LogP contribution is -2.19. The van der Waals surface area contributed by atoms with Crippen LogP contribution in [0.25, 0.3) is 5.78 Å². The molecule has 8 heteroatoms. The Balaban J connectivity index is 1.65. The maximum atomic E-state index is 13.2. The first-order valence-electron chi connectivity index (χ1n) is 9.41. The third-order valence-electron chi connectivity index (χ3n) is 4.50. The monoisotopic (exact) mass is 419 g/mol. The average molecular weight is 420 g/mol. The quantitative estimate of drug-likeness (QED) is 0.471. The summed E-state index contributed by atoms with van der Waals surface area (Å²) in [6, 6.07) is 18.8. The van der Waals surface area contributed by atoms with Crippen molar-refractivity contribution in [3.8, 4) is 5.75 Å². The van der Waals surface area contributed by atoms with Crippen LogP contribution in [0.4, 0.5) is 5.69 Å². The van der Waals surface area contributed by atoms with Crippen LogP contribution in [0.3, 0.4) is 0 Å². The highest BCUT2D eigenvalue weighted by molar-refractivity contribution is 8.00. The van der Waals surface area contributed by atoms with E-state index in [1.165, 1.54) is 11.8 Å². The molecule has 0 spiro atoms. The van der Waals surface area contributed by atoms with Gasteiger partial charge in [0.25, 0.3) is 5.78 Å². The zero-order chi connectivity index (χ0) is 21.1. The number of amides is 1. The van der Waals surface area contributed by atoms with Crippen molar-refractivity contribution in [1.29, 1.82) is 0 Å². The van der Waals surface area contributed by atoms with Crippen LogP contribution in [0.15, 0.2) is 65.8 Å². The van der Waals surface area contributed by atoms with Gasteiger partial charge in [-0.1, -0.05) is 48.2 Å². The molecule has 7 nitrogen and oxygen atoms in total. The summed E-state index contributed by atoms with van der Waals surface area (Å²) in [6.07, 6.45) is 0. The summed E-state index contributed by atoms with van der Waals surface area (Å²) >= 11 is 1.29. The van der Waals surface area contributed by atoms with E-state index in [-0.39, 0.29) is 5.91 Å². The number of carbonyl (C=O) groups excluding carboxylic acids is 1. The topological polar surface area (TPSA) is 81.4 Å². The summed E-state index contributed by atoms with van der Waals surface area (Å²) in [5, 5.41) is 7.47. The molecule has 30 heavy (non-hydrogen) atoms. The molecule has 1 amide bonds. The summed E-state index contributed by atoms with van der Waals surface area (Å²) < 4.78 is 6.94. The molecule has 152 valence electrons. The molecular formula is C22H21N5O2S. The van der Waals surface area contributed by atoms with Crippen molar-refractivity contribution in [3.63, 3.8) is 0 Å². The molecule has 2 aromatic heterocycles. The molecule has 1 atom stereocenters. The highest BCUT2D eigenvalue weighted by atomic mass is 32.2. The van der Waals surface area contributed by atoms with Crippen LogP contribution in [0.1, 0.15) is 22.2 Å². The maximum absolute atomic E-state index is 13.2. The predicted molar refractivity (Wildman–Crippen MR) is 117 cm³/mol. The van der Waals surface area contributed by atoms with E-state index in [0.29, 0.717) is 22.4 Å². The molecule has 4 aromatic rings. The highest BCUT2D eigenvalue weighted by Crippen LogP contribution is 2.35. The summed E-state index contributed by atoms with van der Waals surface area (Å²) in [4.78, 5) is 22.2. The van der Waals surface area contributed by atoms with Crippen molar-refractivity contribution in [1.82, 2.24) is 19.6 Å². The standard InChI is InChI=1S/C22H21N5O2S/c1-14-12-15(2)27-21(23-14)25-22(26-27)30-19(16-8-5-4-6-9-16)20(28)24-17-10-7-11-18(13-17)29-3/h4-13,19H,1-3H3,(H,24,28)/t19-/m0/s1. The molecule has 0 aliphatic rings. The van der Waals surface area contributed by atoms with E-state index >= 15 is 0 Å². The lowest BCUT2D eigenvalue weighted by Gasteiger charge is -2.15. The minimum absolute atomic E-state index is 0.167. The Morgan fingerprint density at radius 1 is 1.07 bits per heavy atom. The van der Waals surface area contributed by atoms with Crippen LogP contribution in [0, 0.1) is 13.8 Å². The van der Waals surface area contributed by atoms with Crippen LogP contribution >= 0.6 is 11.8 Å². The largest absolute Gasteiger partial charge is 0.497 e. The van der Waals surface area contributed by atoms with E-state index in [4.69, 9.17) is 4.74 Å². The van der Waals surface area contributed by atoms with Gasteiger partial charge in [0.2, 0.25) is 11.1 Å². The van der Waals surface area contributed by atoms with Gasteiger partial charge < -0.3 is 10.1 Å². The van der Waals surface area contributed by atoms with Crippen molar-refractivity contribution in [3.05, 3.63) is 77.6 Å². The van der Waals surface area contributed by atoms with E-state index in [9.17, 15) is 4.79 Å². The molecule has 2 aromatic carbocycles. The molecule has 0 fully saturated rings. The summed E-state index contributed by atoms with van der Waals surface area (Å²) in [5.41, 5.74) is 3.34. The molecule has 0 unspecified atom stereocenters. The van der Waals surface area contributed by atoms with E-state index in [2.05, 4.69) is 20.4 Å². The number of nitrogens with zero attached hydrogens (tertiary/aromatic N) is 4. The van der Waals surface area contributed by atoms with Crippen molar-refractivity contribution in [2.24, 2.45) is 0 Å². The number of aryl methyl sites for hydroxylation is 2. The molecule has 0 bridgehead atoms. The van der Waals surface area contributed by atoms with Gasteiger partial charge in [0.15, 0.2) is 0 Å². The predicted octanol–water partition coefficient (Wildman–Crippen LogP) is 4.22. The summed E-state index contributed by atoms with van der Waals surface area (Å²) in [5.74, 6) is 1.03. The molecule has 0 aliphatic heterocycles. The molecule has 4 rings (SSSR count). The van der Waals surface area contributed by atoms with Gasteiger partial charge in [0, 0.05) is 23.1 Å². The molecule has 0 saturated heterocycles. The van der Waals surface area contributed by atoms with Gasteiger partial charge >= 0.3 is 0 Å². The zero-order valence-electron chi connectivity index (χ0n) is 16.9. The highest BCUT2D eigenvalue weighted by Gasteiger charge is 2.25. The maximum Gasteiger partial charge on any atom is 0.253 e. The summed E-state index contributed by atoms with van der Waals surface area (Å²) in [6.45, 7) is 3.87. The second-order valence-corrected chi connectivity index (χ2v) is 7.85. The fourth-order valence-electron chi connectivity index (χ4n) is 3.11. The van der Waals surface area contributed by atoms with E-state index in [1.807, 2.05) is 68.4 Å². The number of nitrogens with one attached hydrogen (secondary N) is 1. The Labute approximate surface area is 178 Å². The third kappa shape index (κ3) is 4.28. The first-order chi connectivity index (χ1) is 14.5. The second kappa shape index (κ2) is 8.54. The van der Waals surface area contributed by atoms with Gasteiger partial charge in [0.1, 0.15) is 11.0 Å². The van der Waals surface area contributed by atoms with Crippen LogP contribution in [-0.2, 0) is 4.79 Å². The van der Waals surface area contributed by atoms with Crippen molar-refractivity contribution in [2.75, 3.05) is 12.4 Å². The van der Waals surface area contributed by atoms with Crippen LogP contribution in [-0.4, -0.2) is 32.6 Å². The minimum Gasteiger partial charge on any atom is -0.497 e. The number of benzene rings is 2. The normalized spacial score (nSPS) is 12.0. The van der Waals surface area contributed by atoms with E-state index < -0.39 is 5.25 Å². The van der Waals surface area contributed by atoms with Crippen LogP contribution in [0.5, 0.6) is 5.75 Å². The van der Waals surface area contributed by atoms with Crippen LogP contribution in [0.2, 0.25) is 0 Å². The number of ether oxygens (including phenoxy) is 1. The van der Waals surface area contributed by atoms with E-state index in [0.717, 1.165) is 17.0 Å². The van der Waals surface area contributed by atoms with Crippen molar-refractivity contribution in [2.45, 2.75) is 24.3 Å². The van der Waals surface area contributed by atoms with Gasteiger partial charge in [-0.25, -0.2) is 9.50 Å². The van der Waals surface area contributed by atoms with Crippen molar-refractivity contribution >= 4 is 29.1 Å². The van der Waals surface area contributed by atoms with Gasteiger partial charge in [0.05, 0.1) is 7.11 Å². The first-order valence-corrected chi connectivity index (χ1v) is 10.3. The smallest absolute Gasteiger partial charge is 0.253 e. The number of methoxy groups -OCH3 is 1. The SMILES string of the molecule is COc1cccc(NC(=O)[C@@H](Sc2nc3nc(C)cc(C)n3n2)c2ccccc2)c1. The molecule has 0 saturated carbocycles. The van der Waals surface area contributed by atoms with Crippen LogP contribution < -0.4 is 10.1 Å². The number of rotatable bonds is 6. The Morgan fingerprint density at radius 2 is 1.87 bits per heavy atom. The Morgan fingerprint density at radius 3 is 2.63 bits per heavy atom. The van der Waals surface area contributed by atoms with Gasteiger partial charge in [-0.3, -0.25) is 4.79 Å². The van der Waals surface area contributed by atoms with Crippen molar-refractivity contribution < 1.29 is 9.53 Å². The molecule has 1 N–H and O–H groups in total. The minimum atomic E-state index is -0.531. The number of anilines is 1. The Bertz CT molecular complexity index is 1190. The van der Waals surface area contributed by atoms with Gasteiger partial charge in [-0.15, -0.1) is 5.10 Å². The number of thioether (sulfide) groups is 1. The summed E-state index contributed by atoms with van der Waals surface area (Å²) in [7, 11) is 1.59. The number of fused-ring (bicyclic) bond motifs is 1. The fourth-order valence-corrected chi connectivity index (χ4v) is 4.05. The van der Waals surface area contributed by atoms with Gasteiger partial charge in [-0.05, 0) is 37.6 Å². The number of hydrogen-bond acceptors (Lipinski definition) is 6. The third-order valence-corrected chi connectivity index (χ3v) is 5.61. The zero-order valence-corrected chi connectivity index (χ0v) is 17.7. The number of aromatic nitrogens is 4. The molecule has 2 heterocycles. The molecule has 0 radical (unpaired) electrons. The fraction of sp³-hybridized carbons (Fsp3) is 0.182. The first kappa shape index (κ1) is 19.9. The second-order valence-electron chi connectivity index (χ2n) is 6.77. The lowest BCUT2D eigenvalue weighted by atomic mass is 10.1. The average Bonchev–Trinajstić information content (AvgIpc) is 3.15. The number of hydrogen-bond donors (Lipinski definition) is 1. The Hall–Kier alpha value is -3.39. The Kier molecular flexibility index (Phi) is 5.67. The lowest BCUT2D eigenvalue weighted by molar-refractivity contribution is -0.115. The van der Waals surface area contributed by atoms with E-state index in [1.54, 1.807) is 17.7 Å². The molecule has 0 aliphatic carbocycles. The molecular weight excluding hydrogens is 398 g/mol. The number of carbonyl (C=O) groups is 1. The van der Waals surface area contributed by atoms with Gasteiger partial charge in [-0.2, -0.15) is 4.98 Å².